The lowest BCUT2D eigenvalue weighted by molar-refractivity contribution is -0.147. The second-order valence-corrected chi connectivity index (χ2v) is 5.07. The van der Waals surface area contributed by atoms with E-state index in [1.807, 2.05) is 0 Å². The number of carbonyl (C=O) groups excluding carboxylic acids is 1. The number of likely N-dealkylation sites (N-methyl/N-ethyl adjacent to an activating group) is 1. The predicted octanol–water partition coefficient (Wildman–Crippen LogP) is 0.433. The van der Waals surface area contributed by atoms with Crippen LogP contribution in [-0.4, -0.2) is 62.7 Å². The molecule has 0 aromatic rings. The molecule has 2 aliphatic rings. The number of ether oxygens (including phenoxy) is 1. The summed E-state index contributed by atoms with van der Waals surface area (Å²) in [4.78, 5) is 16.4. The highest BCUT2D eigenvalue weighted by Crippen LogP contribution is 2.37. The van der Waals surface area contributed by atoms with E-state index < -0.39 is 0 Å². The molecule has 4 heteroatoms. The molecule has 0 aromatic carbocycles. The van der Waals surface area contributed by atoms with Gasteiger partial charge in [-0.25, -0.2) is 0 Å². The number of piperazine rings is 1. The van der Waals surface area contributed by atoms with Crippen LogP contribution in [0.25, 0.3) is 0 Å². The van der Waals surface area contributed by atoms with Crippen molar-refractivity contribution in [3.63, 3.8) is 0 Å². The molecule has 2 fully saturated rings. The Balaban J connectivity index is 1.83. The molecular weight excluding hydrogens is 204 g/mol. The Morgan fingerprint density at radius 2 is 1.94 bits per heavy atom. The second kappa shape index (κ2) is 5.15. The van der Waals surface area contributed by atoms with Gasteiger partial charge in [0, 0.05) is 32.7 Å². The maximum Gasteiger partial charge on any atom is 0.310 e. The smallest absolute Gasteiger partial charge is 0.310 e. The molecule has 4 nitrogen and oxygen atoms in total. The number of hydrogen-bond acceptors (Lipinski definition) is 4. The molecule has 1 heterocycles. The quantitative estimate of drug-likeness (QED) is 0.651. The first kappa shape index (κ1) is 11.9. The molecular formula is C12H22N2O2. The molecule has 1 atom stereocenters. The molecule has 1 saturated heterocycles. The summed E-state index contributed by atoms with van der Waals surface area (Å²) >= 11 is 0. The van der Waals surface area contributed by atoms with Crippen LogP contribution in [0.15, 0.2) is 0 Å². The minimum Gasteiger partial charge on any atom is -0.469 e. The molecule has 0 aromatic heterocycles. The lowest BCUT2D eigenvalue weighted by atomic mass is 10.0. The summed E-state index contributed by atoms with van der Waals surface area (Å²) < 4.78 is 4.90. The molecule has 0 spiro atoms. The lowest BCUT2D eigenvalue weighted by Gasteiger charge is -2.34. The van der Waals surface area contributed by atoms with Crippen LogP contribution in [0, 0.1) is 11.8 Å². The van der Waals surface area contributed by atoms with Crippen LogP contribution in [0.3, 0.4) is 0 Å². The zero-order valence-corrected chi connectivity index (χ0v) is 10.3. The van der Waals surface area contributed by atoms with Crippen molar-refractivity contribution < 1.29 is 9.53 Å². The van der Waals surface area contributed by atoms with Gasteiger partial charge in [0.25, 0.3) is 0 Å². The van der Waals surface area contributed by atoms with Crippen LogP contribution >= 0.6 is 0 Å². The van der Waals surface area contributed by atoms with Crippen molar-refractivity contribution in [1.29, 1.82) is 0 Å². The van der Waals surface area contributed by atoms with E-state index in [4.69, 9.17) is 4.74 Å². The number of hydrogen-bond donors (Lipinski definition) is 0. The molecule has 0 N–H and O–H groups in total. The SMILES string of the molecule is COC(=O)C(CN1CCN(C)CC1)C1CC1. The van der Waals surface area contributed by atoms with Crippen LogP contribution in [0.2, 0.25) is 0 Å². The van der Waals surface area contributed by atoms with E-state index in [1.54, 1.807) is 0 Å². The van der Waals surface area contributed by atoms with Crippen LogP contribution in [-0.2, 0) is 9.53 Å². The van der Waals surface area contributed by atoms with Crippen molar-refractivity contribution in [2.75, 3.05) is 46.9 Å². The third-order valence-electron chi connectivity index (χ3n) is 3.75. The Labute approximate surface area is 97.5 Å². The van der Waals surface area contributed by atoms with Crippen molar-refractivity contribution >= 4 is 5.97 Å². The average molecular weight is 226 g/mol. The molecule has 16 heavy (non-hydrogen) atoms. The fourth-order valence-corrected chi connectivity index (χ4v) is 2.37. The largest absolute Gasteiger partial charge is 0.469 e. The van der Waals surface area contributed by atoms with Gasteiger partial charge in [0.1, 0.15) is 0 Å². The Morgan fingerprint density at radius 3 is 2.44 bits per heavy atom. The Bertz CT molecular complexity index is 245. The molecule has 1 unspecified atom stereocenters. The number of nitrogens with zero attached hydrogens (tertiary/aromatic N) is 2. The standard InChI is InChI=1S/C12H22N2O2/c1-13-5-7-14(8-6-13)9-11(10-3-4-10)12(15)16-2/h10-11H,3-9H2,1-2H3. The van der Waals surface area contributed by atoms with Crippen molar-refractivity contribution in [3.8, 4) is 0 Å². The van der Waals surface area contributed by atoms with Crippen LogP contribution in [0.1, 0.15) is 12.8 Å². The number of methoxy groups -OCH3 is 1. The predicted molar refractivity (Wildman–Crippen MR) is 62.2 cm³/mol. The Kier molecular flexibility index (Phi) is 3.82. The van der Waals surface area contributed by atoms with Crippen LogP contribution in [0.4, 0.5) is 0 Å². The highest BCUT2D eigenvalue weighted by molar-refractivity contribution is 5.73. The molecule has 1 saturated carbocycles. The van der Waals surface area contributed by atoms with E-state index in [2.05, 4.69) is 16.8 Å². The zero-order valence-electron chi connectivity index (χ0n) is 10.3. The number of esters is 1. The van der Waals surface area contributed by atoms with Gasteiger partial charge in [-0.3, -0.25) is 9.69 Å². The summed E-state index contributed by atoms with van der Waals surface area (Å²) in [5.74, 6) is 0.696. The summed E-state index contributed by atoms with van der Waals surface area (Å²) in [5.41, 5.74) is 0. The van der Waals surface area contributed by atoms with E-state index in [9.17, 15) is 4.79 Å². The van der Waals surface area contributed by atoms with Gasteiger partial charge in [-0.1, -0.05) is 0 Å². The van der Waals surface area contributed by atoms with Crippen LogP contribution < -0.4 is 0 Å². The van der Waals surface area contributed by atoms with Gasteiger partial charge < -0.3 is 9.64 Å². The lowest BCUT2D eigenvalue weighted by Crippen LogP contribution is -2.47. The fraction of sp³-hybridized carbons (Fsp3) is 0.917. The normalized spacial score (nSPS) is 25.4. The minimum atomic E-state index is -0.0126. The Hall–Kier alpha value is -0.610. The summed E-state index contributed by atoms with van der Waals surface area (Å²) in [6, 6.07) is 0. The van der Waals surface area contributed by atoms with E-state index in [-0.39, 0.29) is 11.9 Å². The average Bonchev–Trinajstić information content (AvgIpc) is 3.11. The van der Waals surface area contributed by atoms with Crippen molar-refractivity contribution in [3.05, 3.63) is 0 Å². The Morgan fingerprint density at radius 1 is 1.31 bits per heavy atom. The molecule has 0 amide bonds. The van der Waals surface area contributed by atoms with Gasteiger partial charge >= 0.3 is 5.97 Å². The zero-order chi connectivity index (χ0) is 11.5. The highest BCUT2D eigenvalue weighted by Gasteiger charge is 2.38. The van der Waals surface area contributed by atoms with E-state index >= 15 is 0 Å². The van der Waals surface area contributed by atoms with Crippen molar-refractivity contribution in [2.45, 2.75) is 12.8 Å². The van der Waals surface area contributed by atoms with Gasteiger partial charge in [-0.2, -0.15) is 0 Å². The van der Waals surface area contributed by atoms with Crippen molar-refractivity contribution in [2.24, 2.45) is 11.8 Å². The van der Waals surface area contributed by atoms with Gasteiger partial charge in [-0.15, -0.1) is 0 Å². The molecule has 92 valence electrons. The third-order valence-corrected chi connectivity index (χ3v) is 3.75. The first-order valence-corrected chi connectivity index (χ1v) is 6.19. The maximum absolute atomic E-state index is 11.7. The maximum atomic E-state index is 11.7. The van der Waals surface area contributed by atoms with Gasteiger partial charge in [0.2, 0.25) is 0 Å². The van der Waals surface area contributed by atoms with E-state index in [1.165, 1.54) is 20.0 Å². The van der Waals surface area contributed by atoms with Gasteiger partial charge in [-0.05, 0) is 25.8 Å². The number of carbonyl (C=O) groups is 1. The fourth-order valence-electron chi connectivity index (χ4n) is 2.37. The summed E-state index contributed by atoms with van der Waals surface area (Å²) in [7, 11) is 3.65. The van der Waals surface area contributed by atoms with Crippen molar-refractivity contribution in [1.82, 2.24) is 9.80 Å². The third kappa shape index (κ3) is 2.95. The van der Waals surface area contributed by atoms with Crippen LogP contribution in [0.5, 0.6) is 0 Å². The van der Waals surface area contributed by atoms with Gasteiger partial charge in [0.15, 0.2) is 0 Å². The van der Waals surface area contributed by atoms with E-state index in [0.29, 0.717) is 5.92 Å². The van der Waals surface area contributed by atoms with E-state index in [0.717, 1.165) is 32.7 Å². The molecule has 0 bridgehead atoms. The molecule has 0 radical (unpaired) electrons. The minimum absolute atomic E-state index is 0.0126. The molecule has 1 aliphatic heterocycles. The summed E-state index contributed by atoms with van der Waals surface area (Å²) in [5, 5.41) is 0. The first-order chi connectivity index (χ1) is 7.70. The van der Waals surface area contributed by atoms with Gasteiger partial charge in [0.05, 0.1) is 13.0 Å². The second-order valence-electron chi connectivity index (χ2n) is 5.07. The molecule has 1 aliphatic carbocycles. The monoisotopic (exact) mass is 226 g/mol. The number of rotatable bonds is 4. The molecule has 2 rings (SSSR count). The first-order valence-electron chi connectivity index (χ1n) is 6.19. The summed E-state index contributed by atoms with van der Waals surface area (Å²) in [6.07, 6.45) is 2.40. The topological polar surface area (TPSA) is 32.8 Å². The highest BCUT2D eigenvalue weighted by atomic mass is 16.5. The summed E-state index contributed by atoms with van der Waals surface area (Å²) in [6.45, 7) is 5.27.